The summed E-state index contributed by atoms with van der Waals surface area (Å²) in [6.45, 7) is 3.81. The molecule has 0 amide bonds. The Labute approximate surface area is 98.2 Å². The number of rotatable bonds is 4. The number of hydrogen-bond acceptors (Lipinski definition) is 4. The van der Waals surface area contributed by atoms with Crippen LogP contribution in [0.5, 0.6) is 0 Å². The number of carbonyl (C=O) groups is 1. The van der Waals surface area contributed by atoms with Gasteiger partial charge in [0.25, 0.3) is 0 Å². The van der Waals surface area contributed by atoms with Crippen LogP contribution in [0, 0.1) is 5.82 Å². The Hall–Kier alpha value is -1.23. The minimum absolute atomic E-state index is 0.105. The number of carbonyl (C=O) groups excluding carboxylic acids is 1. The van der Waals surface area contributed by atoms with E-state index in [4.69, 9.17) is 10.5 Å². The second-order valence-electron chi connectivity index (χ2n) is 3.20. The molecule has 0 aliphatic heterocycles. The molecule has 88 valence electrons. The van der Waals surface area contributed by atoms with Crippen molar-refractivity contribution in [3.63, 3.8) is 0 Å². The zero-order valence-electron chi connectivity index (χ0n) is 9.20. The number of halogens is 1. The largest absolute Gasteiger partial charge is 0.465 e. The van der Waals surface area contributed by atoms with Crippen LogP contribution in [0.15, 0.2) is 23.1 Å². The standard InChI is InChI=1S/C11H14FNO2S/c1-3-15-11(14)7(2)16-8-4-5-10(13)9(12)6-8/h4-7H,3,13H2,1-2H3. The fraction of sp³-hybridized carbons (Fsp3) is 0.364. The van der Waals surface area contributed by atoms with Gasteiger partial charge >= 0.3 is 5.97 Å². The quantitative estimate of drug-likeness (QED) is 0.501. The third kappa shape index (κ3) is 3.41. The van der Waals surface area contributed by atoms with Crippen molar-refractivity contribution in [1.82, 2.24) is 0 Å². The molecule has 0 saturated heterocycles. The van der Waals surface area contributed by atoms with Crippen LogP contribution in [-0.2, 0) is 9.53 Å². The van der Waals surface area contributed by atoms with Gasteiger partial charge in [-0.3, -0.25) is 4.79 Å². The van der Waals surface area contributed by atoms with E-state index in [0.29, 0.717) is 11.5 Å². The number of nitrogens with two attached hydrogens (primary N) is 1. The SMILES string of the molecule is CCOC(=O)C(C)Sc1ccc(N)c(F)c1. The van der Waals surface area contributed by atoms with Crippen molar-refractivity contribution in [3.8, 4) is 0 Å². The lowest BCUT2D eigenvalue weighted by Gasteiger charge is -2.10. The highest BCUT2D eigenvalue weighted by Crippen LogP contribution is 2.26. The minimum atomic E-state index is -0.471. The Kier molecular flexibility index (Phi) is 4.61. The molecule has 0 bridgehead atoms. The zero-order chi connectivity index (χ0) is 12.1. The van der Waals surface area contributed by atoms with Crippen LogP contribution >= 0.6 is 11.8 Å². The fourth-order valence-corrected chi connectivity index (χ4v) is 1.98. The maximum absolute atomic E-state index is 13.1. The molecule has 0 aliphatic rings. The lowest BCUT2D eigenvalue weighted by Crippen LogP contribution is -2.16. The van der Waals surface area contributed by atoms with Crippen LogP contribution in [0.1, 0.15) is 13.8 Å². The van der Waals surface area contributed by atoms with Gasteiger partial charge in [-0.1, -0.05) is 0 Å². The summed E-state index contributed by atoms with van der Waals surface area (Å²) in [7, 11) is 0. The first kappa shape index (κ1) is 12.8. The highest BCUT2D eigenvalue weighted by atomic mass is 32.2. The average molecular weight is 243 g/mol. The molecule has 1 aromatic rings. The average Bonchev–Trinajstić information content (AvgIpc) is 2.24. The summed E-state index contributed by atoms with van der Waals surface area (Å²) in [4.78, 5) is 12.0. The van der Waals surface area contributed by atoms with Gasteiger partial charge in [0, 0.05) is 4.90 Å². The van der Waals surface area contributed by atoms with Crippen LogP contribution in [-0.4, -0.2) is 17.8 Å². The zero-order valence-corrected chi connectivity index (χ0v) is 10.0. The van der Waals surface area contributed by atoms with Gasteiger partial charge in [-0.15, -0.1) is 11.8 Å². The van der Waals surface area contributed by atoms with Crippen molar-refractivity contribution in [2.45, 2.75) is 24.0 Å². The van der Waals surface area contributed by atoms with E-state index in [1.54, 1.807) is 19.9 Å². The highest BCUT2D eigenvalue weighted by Gasteiger charge is 2.15. The first-order chi connectivity index (χ1) is 7.54. The number of anilines is 1. The normalized spacial score (nSPS) is 12.2. The lowest BCUT2D eigenvalue weighted by atomic mass is 10.3. The second-order valence-corrected chi connectivity index (χ2v) is 4.61. The van der Waals surface area contributed by atoms with Crippen molar-refractivity contribution in [3.05, 3.63) is 24.0 Å². The molecule has 1 unspecified atom stereocenters. The summed E-state index contributed by atoms with van der Waals surface area (Å²) in [5.74, 6) is -0.772. The fourth-order valence-electron chi connectivity index (χ4n) is 1.09. The summed E-state index contributed by atoms with van der Waals surface area (Å²) < 4.78 is 18.0. The van der Waals surface area contributed by atoms with Crippen molar-refractivity contribution >= 4 is 23.4 Å². The number of nitrogen functional groups attached to an aromatic ring is 1. The molecule has 1 rings (SSSR count). The molecule has 1 aromatic carbocycles. The van der Waals surface area contributed by atoms with Gasteiger partial charge in [0.15, 0.2) is 0 Å². The molecular formula is C11H14FNO2S. The first-order valence-corrected chi connectivity index (χ1v) is 5.81. The van der Waals surface area contributed by atoms with Crippen LogP contribution < -0.4 is 5.73 Å². The minimum Gasteiger partial charge on any atom is -0.465 e. The second kappa shape index (κ2) is 5.75. The maximum Gasteiger partial charge on any atom is 0.319 e. The molecule has 0 aliphatic carbocycles. The predicted octanol–water partition coefficient (Wildman–Crippen LogP) is 2.45. The van der Waals surface area contributed by atoms with E-state index in [1.807, 2.05) is 0 Å². The Morgan fingerprint density at radius 1 is 1.62 bits per heavy atom. The molecule has 0 aromatic heterocycles. The summed E-state index contributed by atoms with van der Waals surface area (Å²) in [5, 5.41) is -0.358. The molecule has 3 nitrogen and oxygen atoms in total. The van der Waals surface area contributed by atoms with Gasteiger partial charge in [-0.2, -0.15) is 0 Å². The Morgan fingerprint density at radius 2 is 2.31 bits per heavy atom. The van der Waals surface area contributed by atoms with Gasteiger partial charge in [-0.05, 0) is 32.0 Å². The monoisotopic (exact) mass is 243 g/mol. The van der Waals surface area contributed by atoms with E-state index >= 15 is 0 Å². The molecule has 0 fully saturated rings. The molecule has 0 saturated carbocycles. The van der Waals surface area contributed by atoms with E-state index in [-0.39, 0.29) is 16.9 Å². The lowest BCUT2D eigenvalue weighted by molar-refractivity contribution is -0.142. The number of thioether (sulfide) groups is 1. The van der Waals surface area contributed by atoms with Crippen LogP contribution in [0.4, 0.5) is 10.1 Å². The van der Waals surface area contributed by atoms with E-state index in [9.17, 15) is 9.18 Å². The molecule has 0 spiro atoms. The van der Waals surface area contributed by atoms with Gasteiger partial charge in [0.05, 0.1) is 12.3 Å². The van der Waals surface area contributed by atoms with Gasteiger partial charge < -0.3 is 10.5 Å². The molecule has 16 heavy (non-hydrogen) atoms. The summed E-state index contributed by atoms with van der Waals surface area (Å²) >= 11 is 1.24. The third-order valence-corrected chi connectivity index (χ3v) is 2.98. The summed E-state index contributed by atoms with van der Waals surface area (Å²) in [5.41, 5.74) is 5.46. The van der Waals surface area contributed by atoms with Crippen molar-refractivity contribution in [2.24, 2.45) is 0 Å². The number of hydrogen-bond donors (Lipinski definition) is 1. The van der Waals surface area contributed by atoms with Crippen LogP contribution in [0.2, 0.25) is 0 Å². The molecular weight excluding hydrogens is 229 g/mol. The van der Waals surface area contributed by atoms with Crippen LogP contribution in [0.3, 0.4) is 0 Å². The van der Waals surface area contributed by atoms with Gasteiger partial charge in [0.1, 0.15) is 11.1 Å². The predicted molar refractivity (Wildman–Crippen MR) is 62.8 cm³/mol. The van der Waals surface area contributed by atoms with E-state index < -0.39 is 5.82 Å². The number of benzene rings is 1. The van der Waals surface area contributed by atoms with E-state index in [2.05, 4.69) is 0 Å². The summed E-state index contributed by atoms with van der Waals surface area (Å²) in [6, 6.07) is 4.48. The van der Waals surface area contributed by atoms with Gasteiger partial charge in [-0.25, -0.2) is 4.39 Å². The Morgan fingerprint density at radius 3 is 2.88 bits per heavy atom. The van der Waals surface area contributed by atoms with Crippen molar-refractivity contribution in [2.75, 3.05) is 12.3 Å². The molecule has 0 heterocycles. The Balaban J connectivity index is 2.66. The van der Waals surface area contributed by atoms with E-state index in [1.165, 1.54) is 23.9 Å². The molecule has 2 N–H and O–H groups in total. The first-order valence-electron chi connectivity index (χ1n) is 4.93. The Bertz CT molecular complexity index is 384. The third-order valence-electron chi connectivity index (χ3n) is 1.90. The topological polar surface area (TPSA) is 52.3 Å². The molecule has 5 heteroatoms. The van der Waals surface area contributed by atoms with Crippen molar-refractivity contribution < 1.29 is 13.9 Å². The van der Waals surface area contributed by atoms with Crippen LogP contribution in [0.25, 0.3) is 0 Å². The summed E-state index contributed by atoms with van der Waals surface area (Å²) in [6.07, 6.45) is 0. The number of esters is 1. The smallest absolute Gasteiger partial charge is 0.319 e. The van der Waals surface area contributed by atoms with E-state index in [0.717, 1.165) is 0 Å². The molecule has 1 atom stereocenters. The highest BCUT2D eigenvalue weighted by molar-refractivity contribution is 8.00. The van der Waals surface area contributed by atoms with Gasteiger partial charge in [0.2, 0.25) is 0 Å². The maximum atomic E-state index is 13.1. The van der Waals surface area contributed by atoms with Crippen molar-refractivity contribution in [1.29, 1.82) is 0 Å². The number of ether oxygens (including phenoxy) is 1. The molecule has 0 radical (unpaired) electrons.